The Hall–Kier alpha value is -4.14. The molecule has 0 saturated carbocycles. The maximum absolute atomic E-state index is 12.3. The van der Waals surface area contributed by atoms with Crippen LogP contribution < -0.4 is 0 Å². The summed E-state index contributed by atoms with van der Waals surface area (Å²) in [5.41, 5.74) is 4.31. The average molecular weight is 430 g/mol. The van der Waals surface area contributed by atoms with Crippen molar-refractivity contribution in [3.05, 3.63) is 60.2 Å². The standard InChI is InChI=1S/C23H22N6O3/c1-3-21(30)29(14(2)23(31)32)13-15-4-10-20-18(12-15)9-11-19(24-20)16-5-7-17(8-6-16)22-25-27-28-26-22/h4-12,14H,3,13H2,1-2H3,(H,31,32)(H,25,26,27,28). The van der Waals surface area contributed by atoms with Gasteiger partial charge in [-0.05, 0) is 35.9 Å². The minimum atomic E-state index is -1.02. The zero-order valence-corrected chi connectivity index (χ0v) is 17.7. The predicted octanol–water partition coefficient (Wildman–Crippen LogP) is 3.29. The number of aromatic nitrogens is 5. The lowest BCUT2D eigenvalue weighted by atomic mass is 10.1. The number of H-pyrrole nitrogens is 1. The number of benzene rings is 2. The number of hydrogen-bond donors (Lipinski definition) is 2. The highest BCUT2D eigenvalue weighted by atomic mass is 16.4. The molecule has 0 saturated heterocycles. The van der Waals surface area contributed by atoms with Gasteiger partial charge in [0.05, 0.1) is 11.2 Å². The summed E-state index contributed by atoms with van der Waals surface area (Å²) < 4.78 is 0. The van der Waals surface area contributed by atoms with Gasteiger partial charge in [-0.1, -0.05) is 43.3 Å². The number of nitrogens with one attached hydrogen (secondary N) is 1. The third kappa shape index (κ3) is 4.31. The first kappa shape index (κ1) is 21.1. The van der Waals surface area contributed by atoms with Crippen LogP contribution in [0.4, 0.5) is 0 Å². The van der Waals surface area contributed by atoms with Crippen molar-refractivity contribution in [3.8, 4) is 22.6 Å². The van der Waals surface area contributed by atoms with Gasteiger partial charge in [-0.3, -0.25) is 4.79 Å². The molecule has 4 rings (SSSR count). The van der Waals surface area contributed by atoms with E-state index in [2.05, 4.69) is 20.6 Å². The van der Waals surface area contributed by atoms with Crippen molar-refractivity contribution in [2.24, 2.45) is 0 Å². The van der Waals surface area contributed by atoms with Crippen LogP contribution in [0.1, 0.15) is 25.8 Å². The number of pyridine rings is 1. The fourth-order valence-corrected chi connectivity index (χ4v) is 3.48. The van der Waals surface area contributed by atoms with Gasteiger partial charge in [0.25, 0.3) is 0 Å². The third-order valence-corrected chi connectivity index (χ3v) is 5.34. The van der Waals surface area contributed by atoms with Crippen molar-refractivity contribution in [1.29, 1.82) is 0 Å². The van der Waals surface area contributed by atoms with E-state index in [1.54, 1.807) is 6.92 Å². The lowest BCUT2D eigenvalue weighted by Crippen LogP contribution is -2.42. The Morgan fingerprint density at radius 2 is 1.81 bits per heavy atom. The summed E-state index contributed by atoms with van der Waals surface area (Å²) in [4.78, 5) is 29.8. The van der Waals surface area contributed by atoms with E-state index < -0.39 is 12.0 Å². The normalized spacial score (nSPS) is 11.9. The molecule has 9 nitrogen and oxygen atoms in total. The van der Waals surface area contributed by atoms with Gasteiger partial charge in [-0.15, -0.1) is 10.2 Å². The fourth-order valence-electron chi connectivity index (χ4n) is 3.48. The fraction of sp³-hybridized carbons (Fsp3) is 0.217. The number of aromatic amines is 1. The van der Waals surface area contributed by atoms with Gasteiger partial charge >= 0.3 is 5.97 Å². The average Bonchev–Trinajstić information content (AvgIpc) is 3.36. The minimum absolute atomic E-state index is 0.197. The highest BCUT2D eigenvalue weighted by Crippen LogP contribution is 2.25. The second-order valence-electron chi connectivity index (χ2n) is 7.43. The monoisotopic (exact) mass is 430 g/mol. The van der Waals surface area contributed by atoms with E-state index in [1.807, 2.05) is 54.6 Å². The zero-order valence-electron chi connectivity index (χ0n) is 17.7. The van der Waals surface area contributed by atoms with Crippen molar-refractivity contribution < 1.29 is 14.7 Å². The van der Waals surface area contributed by atoms with Crippen LogP contribution in [0.3, 0.4) is 0 Å². The molecular weight excluding hydrogens is 408 g/mol. The molecule has 0 spiro atoms. The molecule has 1 unspecified atom stereocenters. The van der Waals surface area contributed by atoms with E-state index in [1.165, 1.54) is 11.8 Å². The summed E-state index contributed by atoms with van der Waals surface area (Å²) in [6.07, 6.45) is 0.252. The number of rotatable bonds is 7. The highest BCUT2D eigenvalue weighted by molar-refractivity contribution is 5.84. The Balaban J connectivity index is 1.58. The van der Waals surface area contributed by atoms with Crippen molar-refractivity contribution in [1.82, 2.24) is 30.5 Å². The van der Waals surface area contributed by atoms with E-state index in [4.69, 9.17) is 4.98 Å². The van der Waals surface area contributed by atoms with E-state index in [-0.39, 0.29) is 18.9 Å². The number of hydrogen-bond acceptors (Lipinski definition) is 6. The quantitative estimate of drug-likeness (QED) is 0.461. The summed E-state index contributed by atoms with van der Waals surface area (Å²) in [5, 5.41) is 24.2. The maximum atomic E-state index is 12.3. The second-order valence-corrected chi connectivity index (χ2v) is 7.43. The Morgan fingerprint density at radius 1 is 1.06 bits per heavy atom. The van der Waals surface area contributed by atoms with Crippen molar-refractivity contribution >= 4 is 22.8 Å². The molecule has 0 aliphatic heterocycles. The third-order valence-electron chi connectivity index (χ3n) is 5.34. The second kappa shape index (κ2) is 8.93. The van der Waals surface area contributed by atoms with Crippen molar-refractivity contribution in [2.75, 3.05) is 0 Å². The Bertz CT molecular complexity index is 1250. The van der Waals surface area contributed by atoms with Crippen molar-refractivity contribution in [3.63, 3.8) is 0 Å². The van der Waals surface area contributed by atoms with Crippen LogP contribution in [0.2, 0.25) is 0 Å². The smallest absolute Gasteiger partial charge is 0.326 e. The van der Waals surface area contributed by atoms with Crippen LogP contribution in [0.25, 0.3) is 33.5 Å². The van der Waals surface area contributed by atoms with E-state index in [9.17, 15) is 14.7 Å². The number of carboxylic acid groups (broad SMARTS) is 1. The molecule has 0 radical (unpaired) electrons. The maximum Gasteiger partial charge on any atom is 0.326 e. The van der Waals surface area contributed by atoms with Gasteiger partial charge in [0.15, 0.2) is 0 Å². The molecular formula is C23H22N6O3. The van der Waals surface area contributed by atoms with Gasteiger partial charge in [-0.2, -0.15) is 5.21 Å². The predicted molar refractivity (Wildman–Crippen MR) is 118 cm³/mol. The number of carbonyl (C=O) groups excluding carboxylic acids is 1. The summed E-state index contributed by atoms with van der Waals surface area (Å²) in [6, 6.07) is 16.5. The van der Waals surface area contributed by atoms with Crippen LogP contribution in [0.15, 0.2) is 54.6 Å². The molecule has 32 heavy (non-hydrogen) atoms. The lowest BCUT2D eigenvalue weighted by molar-refractivity contribution is -0.149. The Labute approximate surface area is 184 Å². The number of amides is 1. The number of fused-ring (bicyclic) bond motifs is 1. The van der Waals surface area contributed by atoms with E-state index in [0.29, 0.717) is 5.82 Å². The molecule has 2 N–H and O–H groups in total. The van der Waals surface area contributed by atoms with Crippen molar-refractivity contribution in [2.45, 2.75) is 32.9 Å². The molecule has 4 aromatic rings. The number of tetrazole rings is 1. The van der Waals surface area contributed by atoms with E-state index >= 15 is 0 Å². The van der Waals surface area contributed by atoms with Gasteiger partial charge in [0.2, 0.25) is 11.7 Å². The largest absolute Gasteiger partial charge is 0.480 e. The first-order valence-electron chi connectivity index (χ1n) is 10.2. The number of carbonyl (C=O) groups is 2. The van der Waals surface area contributed by atoms with Gasteiger partial charge in [0, 0.05) is 29.5 Å². The van der Waals surface area contributed by atoms with Gasteiger partial charge < -0.3 is 10.0 Å². The Kier molecular flexibility index (Phi) is 5.89. The summed E-state index contributed by atoms with van der Waals surface area (Å²) in [6.45, 7) is 3.48. The van der Waals surface area contributed by atoms with Crippen LogP contribution in [0, 0.1) is 0 Å². The molecule has 0 bridgehead atoms. The Morgan fingerprint density at radius 3 is 2.47 bits per heavy atom. The molecule has 0 fully saturated rings. The highest BCUT2D eigenvalue weighted by Gasteiger charge is 2.24. The topological polar surface area (TPSA) is 125 Å². The molecule has 0 aliphatic rings. The molecule has 1 amide bonds. The molecule has 0 aliphatic carbocycles. The number of aliphatic carboxylic acids is 1. The molecule has 2 heterocycles. The van der Waals surface area contributed by atoms with Crippen LogP contribution in [-0.4, -0.2) is 53.5 Å². The first-order chi connectivity index (χ1) is 15.5. The molecule has 162 valence electrons. The van der Waals surface area contributed by atoms with Gasteiger partial charge in [0.1, 0.15) is 6.04 Å². The molecule has 2 aromatic heterocycles. The number of nitrogens with zero attached hydrogens (tertiary/aromatic N) is 5. The molecule has 2 aromatic carbocycles. The zero-order chi connectivity index (χ0) is 22.7. The summed E-state index contributed by atoms with van der Waals surface area (Å²) >= 11 is 0. The number of carboxylic acids is 1. The minimum Gasteiger partial charge on any atom is -0.480 e. The summed E-state index contributed by atoms with van der Waals surface area (Å²) in [7, 11) is 0. The van der Waals surface area contributed by atoms with Crippen LogP contribution >= 0.6 is 0 Å². The molecule has 9 heteroatoms. The molecule has 1 atom stereocenters. The summed E-state index contributed by atoms with van der Waals surface area (Å²) in [5.74, 6) is -0.689. The van der Waals surface area contributed by atoms with E-state index in [0.717, 1.165) is 33.3 Å². The van der Waals surface area contributed by atoms with Gasteiger partial charge in [-0.25, -0.2) is 9.78 Å². The SMILES string of the molecule is CCC(=O)N(Cc1ccc2nc(-c3ccc(-c4nn[nH]n4)cc3)ccc2c1)C(C)C(=O)O. The lowest BCUT2D eigenvalue weighted by Gasteiger charge is -2.26. The van der Waals surface area contributed by atoms with Crippen LogP contribution in [-0.2, 0) is 16.1 Å². The first-order valence-corrected chi connectivity index (χ1v) is 10.2. The van der Waals surface area contributed by atoms with Crippen LogP contribution in [0.5, 0.6) is 0 Å².